The van der Waals surface area contributed by atoms with Gasteiger partial charge in [-0.1, -0.05) is 46.5 Å². The molecule has 0 aliphatic heterocycles. The number of hydrogen-bond donors (Lipinski definition) is 1. The van der Waals surface area contributed by atoms with Crippen LogP contribution < -0.4 is 0 Å². The molecular formula is C19H32O. The van der Waals surface area contributed by atoms with Gasteiger partial charge in [-0.2, -0.15) is 0 Å². The molecule has 0 fully saturated rings. The molecule has 1 nitrogen and oxygen atoms in total. The average Bonchev–Trinajstić information content (AvgIpc) is 2.46. The van der Waals surface area contributed by atoms with E-state index in [4.69, 9.17) is 0 Å². The van der Waals surface area contributed by atoms with Crippen molar-refractivity contribution in [3.8, 4) is 5.75 Å². The van der Waals surface area contributed by atoms with E-state index in [0.29, 0.717) is 5.75 Å². The Labute approximate surface area is 125 Å². The lowest BCUT2D eigenvalue weighted by atomic mass is 9.87. The lowest BCUT2D eigenvalue weighted by Crippen LogP contribution is -2.05. The highest BCUT2D eigenvalue weighted by Gasteiger charge is 2.16. The zero-order valence-electron chi connectivity index (χ0n) is 14.1. The van der Waals surface area contributed by atoms with Crippen LogP contribution >= 0.6 is 0 Å². The Hall–Kier alpha value is -0.980. The van der Waals surface area contributed by atoms with Crippen molar-refractivity contribution >= 4 is 0 Å². The molecule has 0 radical (unpaired) electrons. The molecule has 0 heterocycles. The Morgan fingerprint density at radius 1 is 0.700 bits per heavy atom. The van der Waals surface area contributed by atoms with Gasteiger partial charge in [0.25, 0.3) is 0 Å². The molecule has 0 aliphatic carbocycles. The molecule has 0 aliphatic rings. The van der Waals surface area contributed by atoms with Crippen molar-refractivity contribution in [3.63, 3.8) is 0 Å². The van der Waals surface area contributed by atoms with Gasteiger partial charge in [0.15, 0.2) is 0 Å². The summed E-state index contributed by atoms with van der Waals surface area (Å²) in [6.45, 7) is 10.9. The Bertz CT molecular complexity index is 432. The van der Waals surface area contributed by atoms with Crippen molar-refractivity contribution in [1.29, 1.82) is 0 Å². The van der Waals surface area contributed by atoms with E-state index in [2.05, 4.69) is 34.6 Å². The highest BCUT2D eigenvalue weighted by Crippen LogP contribution is 2.34. The zero-order chi connectivity index (χ0) is 15.1. The second-order valence-corrected chi connectivity index (χ2v) is 5.91. The van der Waals surface area contributed by atoms with Crippen molar-refractivity contribution in [2.24, 2.45) is 0 Å². The van der Waals surface area contributed by atoms with Gasteiger partial charge in [-0.15, -0.1) is 0 Å². The third kappa shape index (κ3) is 3.77. The number of aromatic hydroxyl groups is 1. The van der Waals surface area contributed by atoms with Crippen molar-refractivity contribution in [2.75, 3.05) is 0 Å². The maximum absolute atomic E-state index is 10.5. The Morgan fingerprint density at radius 2 is 1.30 bits per heavy atom. The van der Waals surface area contributed by atoms with Gasteiger partial charge in [0.1, 0.15) is 5.75 Å². The molecule has 0 bridgehead atoms. The van der Waals surface area contributed by atoms with Crippen LogP contribution in [0.25, 0.3) is 0 Å². The SMILES string of the molecule is CCCCCCCc1c(O)c(C)c(C)c(CC)c1CC. The van der Waals surface area contributed by atoms with Crippen molar-refractivity contribution in [2.45, 2.75) is 86.0 Å². The van der Waals surface area contributed by atoms with Crippen LogP contribution in [0, 0.1) is 13.8 Å². The highest BCUT2D eigenvalue weighted by molar-refractivity contribution is 5.54. The molecule has 0 amide bonds. The number of phenolic OH excluding ortho intramolecular Hbond substituents is 1. The molecule has 20 heavy (non-hydrogen) atoms. The first-order chi connectivity index (χ1) is 9.58. The van der Waals surface area contributed by atoms with Crippen LogP contribution in [0.5, 0.6) is 5.75 Å². The van der Waals surface area contributed by atoms with Crippen LogP contribution in [0.15, 0.2) is 0 Å². The van der Waals surface area contributed by atoms with E-state index in [1.54, 1.807) is 0 Å². The molecule has 0 saturated carbocycles. The fourth-order valence-corrected chi connectivity index (χ4v) is 3.26. The Kier molecular flexibility index (Phi) is 7.12. The minimum atomic E-state index is 0.562. The summed E-state index contributed by atoms with van der Waals surface area (Å²) in [5.74, 6) is 0.562. The maximum atomic E-state index is 10.5. The summed E-state index contributed by atoms with van der Waals surface area (Å²) in [7, 11) is 0. The predicted molar refractivity (Wildman–Crippen MR) is 88.8 cm³/mol. The summed E-state index contributed by atoms with van der Waals surface area (Å²) in [6.07, 6.45) is 9.56. The minimum absolute atomic E-state index is 0.562. The summed E-state index contributed by atoms with van der Waals surface area (Å²) in [6, 6.07) is 0. The second-order valence-electron chi connectivity index (χ2n) is 5.91. The van der Waals surface area contributed by atoms with Crippen LogP contribution in [0.1, 0.15) is 80.7 Å². The van der Waals surface area contributed by atoms with Crippen LogP contribution in [-0.2, 0) is 19.3 Å². The quantitative estimate of drug-likeness (QED) is 0.609. The van der Waals surface area contributed by atoms with Crippen LogP contribution in [0.4, 0.5) is 0 Å². The minimum Gasteiger partial charge on any atom is -0.507 e. The largest absolute Gasteiger partial charge is 0.507 e. The molecule has 0 spiro atoms. The molecule has 0 aromatic heterocycles. The van der Waals surface area contributed by atoms with E-state index in [1.807, 2.05) is 0 Å². The fourth-order valence-electron chi connectivity index (χ4n) is 3.26. The molecule has 0 unspecified atom stereocenters. The third-order valence-corrected chi connectivity index (χ3v) is 4.62. The third-order valence-electron chi connectivity index (χ3n) is 4.62. The predicted octanol–water partition coefficient (Wildman–Crippen LogP) is 5.65. The molecule has 0 saturated heterocycles. The summed E-state index contributed by atoms with van der Waals surface area (Å²) in [5.41, 5.74) is 6.47. The summed E-state index contributed by atoms with van der Waals surface area (Å²) in [5, 5.41) is 10.5. The smallest absolute Gasteiger partial charge is 0.122 e. The first-order valence-corrected chi connectivity index (χ1v) is 8.41. The van der Waals surface area contributed by atoms with Gasteiger partial charge < -0.3 is 5.11 Å². The summed E-state index contributed by atoms with van der Waals surface area (Å²) < 4.78 is 0. The molecule has 1 aromatic rings. The van der Waals surface area contributed by atoms with Gasteiger partial charge in [-0.3, -0.25) is 0 Å². The normalized spacial score (nSPS) is 11.1. The number of hydrogen-bond acceptors (Lipinski definition) is 1. The molecule has 0 atom stereocenters. The summed E-state index contributed by atoms with van der Waals surface area (Å²) in [4.78, 5) is 0. The van der Waals surface area contributed by atoms with Gasteiger partial charge in [0, 0.05) is 0 Å². The first-order valence-electron chi connectivity index (χ1n) is 8.41. The molecule has 1 N–H and O–H groups in total. The lowest BCUT2D eigenvalue weighted by Gasteiger charge is -2.20. The number of phenols is 1. The molecular weight excluding hydrogens is 244 g/mol. The van der Waals surface area contributed by atoms with E-state index in [1.165, 1.54) is 54.4 Å². The van der Waals surface area contributed by atoms with Crippen molar-refractivity contribution in [1.82, 2.24) is 0 Å². The standard InChI is InChI=1S/C19H32O/c1-6-9-10-11-12-13-18-17(8-3)16(7-2)14(4)15(5)19(18)20/h20H,6-13H2,1-5H3. The van der Waals surface area contributed by atoms with Crippen LogP contribution in [0.3, 0.4) is 0 Å². The number of rotatable bonds is 8. The van der Waals surface area contributed by atoms with Gasteiger partial charge in [0.2, 0.25) is 0 Å². The van der Waals surface area contributed by atoms with Crippen LogP contribution in [0.2, 0.25) is 0 Å². The van der Waals surface area contributed by atoms with Gasteiger partial charge >= 0.3 is 0 Å². The van der Waals surface area contributed by atoms with Gasteiger partial charge in [0.05, 0.1) is 0 Å². The molecule has 1 aromatic carbocycles. The monoisotopic (exact) mass is 276 g/mol. The number of unbranched alkanes of at least 4 members (excludes halogenated alkanes) is 4. The number of benzene rings is 1. The topological polar surface area (TPSA) is 20.2 Å². The van der Waals surface area contributed by atoms with Crippen molar-refractivity contribution < 1.29 is 5.11 Å². The first kappa shape index (κ1) is 17.1. The Balaban J connectivity index is 2.96. The van der Waals surface area contributed by atoms with E-state index in [9.17, 15) is 5.11 Å². The van der Waals surface area contributed by atoms with Gasteiger partial charge in [-0.05, 0) is 67.3 Å². The molecule has 114 valence electrons. The van der Waals surface area contributed by atoms with Crippen molar-refractivity contribution in [3.05, 3.63) is 27.8 Å². The van der Waals surface area contributed by atoms with E-state index >= 15 is 0 Å². The van der Waals surface area contributed by atoms with E-state index in [-0.39, 0.29) is 0 Å². The van der Waals surface area contributed by atoms with Crippen LogP contribution in [-0.4, -0.2) is 5.11 Å². The second kappa shape index (κ2) is 8.34. The lowest BCUT2D eigenvalue weighted by molar-refractivity contribution is 0.459. The van der Waals surface area contributed by atoms with E-state index in [0.717, 1.165) is 24.8 Å². The summed E-state index contributed by atoms with van der Waals surface area (Å²) >= 11 is 0. The van der Waals surface area contributed by atoms with Gasteiger partial charge in [-0.25, -0.2) is 0 Å². The Morgan fingerprint density at radius 3 is 1.85 bits per heavy atom. The highest BCUT2D eigenvalue weighted by atomic mass is 16.3. The maximum Gasteiger partial charge on any atom is 0.122 e. The molecule has 1 heteroatoms. The molecule has 1 rings (SSSR count). The average molecular weight is 276 g/mol. The zero-order valence-corrected chi connectivity index (χ0v) is 14.1. The van der Waals surface area contributed by atoms with E-state index < -0.39 is 0 Å². The fraction of sp³-hybridized carbons (Fsp3) is 0.684.